The van der Waals surface area contributed by atoms with Crippen LogP contribution in [0.2, 0.25) is 0 Å². The van der Waals surface area contributed by atoms with Crippen molar-refractivity contribution in [3.8, 4) is 0 Å². The van der Waals surface area contributed by atoms with Gasteiger partial charge in [-0.2, -0.15) is 10.2 Å². The molecule has 164 valence electrons. The SMILES string of the molecule is Cc1cc(NC(=O)CCn2ncc3c2c(C)nn3C(C)C)cc2c1N(C)C(=O)C2(C)C. The van der Waals surface area contributed by atoms with E-state index in [4.69, 9.17) is 0 Å². The summed E-state index contributed by atoms with van der Waals surface area (Å²) in [6, 6.07) is 4.09. The number of aromatic nitrogens is 4. The molecule has 0 unspecified atom stereocenters. The topological polar surface area (TPSA) is 85.1 Å². The molecular weight excluding hydrogens is 392 g/mol. The van der Waals surface area contributed by atoms with Crippen LogP contribution in [0.25, 0.3) is 11.0 Å². The van der Waals surface area contributed by atoms with Crippen LogP contribution in [-0.4, -0.2) is 38.4 Å². The molecule has 0 atom stereocenters. The van der Waals surface area contributed by atoms with E-state index in [1.54, 1.807) is 11.9 Å². The molecule has 1 aromatic carbocycles. The van der Waals surface area contributed by atoms with E-state index in [1.165, 1.54) is 0 Å². The highest BCUT2D eigenvalue weighted by Crippen LogP contribution is 2.44. The van der Waals surface area contributed by atoms with Crippen LogP contribution in [0.1, 0.15) is 57.0 Å². The van der Waals surface area contributed by atoms with Gasteiger partial charge >= 0.3 is 0 Å². The number of likely N-dealkylation sites (N-methyl/N-ethyl adjacent to an activating group) is 1. The molecule has 31 heavy (non-hydrogen) atoms. The summed E-state index contributed by atoms with van der Waals surface area (Å²) in [6.07, 6.45) is 2.11. The molecule has 0 spiro atoms. The quantitative estimate of drug-likeness (QED) is 0.679. The van der Waals surface area contributed by atoms with Crippen LogP contribution in [0.5, 0.6) is 0 Å². The van der Waals surface area contributed by atoms with E-state index in [1.807, 2.05) is 55.4 Å². The zero-order valence-electron chi connectivity index (χ0n) is 19.3. The van der Waals surface area contributed by atoms with Crippen LogP contribution in [0, 0.1) is 13.8 Å². The number of carbonyl (C=O) groups is 2. The van der Waals surface area contributed by atoms with Gasteiger partial charge in [-0.25, -0.2) is 0 Å². The Morgan fingerprint density at radius 1 is 1.23 bits per heavy atom. The Morgan fingerprint density at radius 3 is 2.61 bits per heavy atom. The number of carbonyl (C=O) groups excluding carboxylic acids is 2. The molecule has 2 aromatic heterocycles. The van der Waals surface area contributed by atoms with E-state index in [-0.39, 0.29) is 17.9 Å². The van der Waals surface area contributed by atoms with Crippen molar-refractivity contribution in [2.45, 2.75) is 66.0 Å². The highest BCUT2D eigenvalue weighted by molar-refractivity contribution is 6.08. The summed E-state index contributed by atoms with van der Waals surface area (Å²) in [5.41, 5.74) is 5.82. The number of nitrogens with one attached hydrogen (secondary N) is 1. The maximum atomic E-state index is 12.7. The van der Waals surface area contributed by atoms with Crippen molar-refractivity contribution in [2.75, 3.05) is 17.3 Å². The molecule has 3 aromatic rings. The minimum absolute atomic E-state index is 0.0640. The van der Waals surface area contributed by atoms with E-state index in [0.717, 1.165) is 33.5 Å². The second-order valence-electron chi connectivity index (χ2n) is 9.20. The van der Waals surface area contributed by atoms with E-state index < -0.39 is 5.41 Å². The third-order valence-corrected chi connectivity index (χ3v) is 6.14. The molecule has 0 aliphatic carbocycles. The average molecular weight is 423 g/mol. The molecule has 1 aliphatic heterocycles. The highest BCUT2D eigenvalue weighted by Gasteiger charge is 2.43. The van der Waals surface area contributed by atoms with Gasteiger partial charge in [0.1, 0.15) is 11.0 Å². The first-order chi connectivity index (χ1) is 14.5. The Bertz CT molecular complexity index is 1200. The fourth-order valence-corrected chi connectivity index (χ4v) is 4.58. The third kappa shape index (κ3) is 3.30. The summed E-state index contributed by atoms with van der Waals surface area (Å²) in [5.74, 6) is -0.0264. The lowest BCUT2D eigenvalue weighted by molar-refractivity contribution is -0.121. The molecule has 8 heteroatoms. The third-order valence-electron chi connectivity index (χ3n) is 6.14. The van der Waals surface area contributed by atoms with Gasteiger partial charge in [-0.1, -0.05) is 0 Å². The number of aryl methyl sites for hydroxylation is 3. The Labute approximate surface area is 182 Å². The van der Waals surface area contributed by atoms with Gasteiger partial charge in [-0.3, -0.25) is 19.0 Å². The highest BCUT2D eigenvalue weighted by atomic mass is 16.2. The Kier molecular flexibility index (Phi) is 4.91. The maximum Gasteiger partial charge on any atom is 0.236 e. The van der Waals surface area contributed by atoms with Crippen LogP contribution in [0.4, 0.5) is 11.4 Å². The molecule has 8 nitrogen and oxygen atoms in total. The van der Waals surface area contributed by atoms with Crippen LogP contribution in [-0.2, 0) is 21.5 Å². The number of fused-ring (bicyclic) bond motifs is 2. The zero-order chi connectivity index (χ0) is 22.7. The van der Waals surface area contributed by atoms with E-state index in [0.29, 0.717) is 18.7 Å². The molecule has 0 saturated carbocycles. The molecule has 0 bridgehead atoms. The molecule has 1 aliphatic rings. The standard InChI is InChI=1S/C23H30N6O2/c1-13(2)29-18-12-24-28(21(18)15(4)26-29)9-8-19(30)25-16-10-14(3)20-17(11-16)23(5,6)22(31)27(20)7/h10-13H,8-9H2,1-7H3,(H,25,30). The molecule has 0 fully saturated rings. The molecule has 0 saturated heterocycles. The van der Waals surface area contributed by atoms with Crippen molar-refractivity contribution in [1.82, 2.24) is 19.6 Å². The van der Waals surface area contributed by atoms with Gasteiger partial charge < -0.3 is 10.2 Å². The molecule has 4 rings (SSSR count). The first kappa shape index (κ1) is 21.1. The van der Waals surface area contributed by atoms with Gasteiger partial charge in [0.25, 0.3) is 0 Å². The van der Waals surface area contributed by atoms with Crippen LogP contribution in [0.3, 0.4) is 0 Å². The van der Waals surface area contributed by atoms with Gasteiger partial charge in [0.15, 0.2) is 0 Å². The predicted octanol–water partition coefficient (Wildman–Crippen LogP) is 3.71. The number of hydrogen-bond donors (Lipinski definition) is 1. The van der Waals surface area contributed by atoms with Gasteiger partial charge in [0.05, 0.1) is 29.5 Å². The number of nitrogens with zero attached hydrogens (tertiary/aromatic N) is 5. The van der Waals surface area contributed by atoms with E-state index in [2.05, 4.69) is 29.4 Å². The molecule has 1 N–H and O–H groups in total. The minimum Gasteiger partial charge on any atom is -0.326 e. The van der Waals surface area contributed by atoms with Crippen molar-refractivity contribution in [3.63, 3.8) is 0 Å². The fourth-order valence-electron chi connectivity index (χ4n) is 4.58. The zero-order valence-corrected chi connectivity index (χ0v) is 19.3. The number of rotatable bonds is 5. The van der Waals surface area contributed by atoms with Crippen LogP contribution < -0.4 is 10.2 Å². The monoisotopic (exact) mass is 422 g/mol. The minimum atomic E-state index is -0.607. The summed E-state index contributed by atoms with van der Waals surface area (Å²) in [6.45, 7) is 12.4. The van der Waals surface area contributed by atoms with Crippen LogP contribution in [0.15, 0.2) is 18.3 Å². The number of anilines is 2. The maximum absolute atomic E-state index is 12.7. The number of benzene rings is 1. The lowest BCUT2D eigenvalue weighted by atomic mass is 9.85. The van der Waals surface area contributed by atoms with Crippen LogP contribution >= 0.6 is 0 Å². The first-order valence-electron chi connectivity index (χ1n) is 10.7. The lowest BCUT2D eigenvalue weighted by Crippen LogP contribution is -2.33. The molecule has 2 amide bonds. The van der Waals surface area contributed by atoms with Crippen molar-refractivity contribution < 1.29 is 9.59 Å². The van der Waals surface area contributed by atoms with Crippen molar-refractivity contribution in [2.24, 2.45) is 0 Å². The average Bonchev–Trinajstić information content (AvgIpc) is 3.30. The fraction of sp³-hybridized carbons (Fsp3) is 0.478. The van der Waals surface area contributed by atoms with Gasteiger partial charge in [0.2, 0.25) is 11.8 Å². The second kappa shape index (κ2) is 7.21. The second-order valence-corrected chi connectivity index (χ2v) is 9.20. The van der Waals surface area contributed by atoms with E-state index >= 15 is 0 Å². The first-order valence-corrected chi connectivity index (χ1v) is 10.7. The number of amides is 2. The summed E-state index contributed by atoms with van der Waals surface area (Å²) in [5, 5.41) is 12.1. The Morgan fingerprint density at radius 2 is 1.94 bits per heavy atom. The van der Waals surface area contributed by atoms with Crippen molar-refractivity contribution in [3.05, 3.63) is 35.2 Å². The summed E-state index contributed by atoms with van der Waals surface area (Å²) < 4.78 is 3.81. The normalized spacial score (nSPS) is 15.2. The Hall–Kier alpha value is -3.16. The summed E-state index contributed by atoms with van der Waals surface area (Å²) in [4.78, 5) is 27.0. The predicted molar refractivity (Wildman–Crippen MR) is 122 cm³/mol. The lowest BCUT2D eigenvalue weighted by Gasteiger charge is -2.17. The molecule has 0 radical (unpaired) electrons. The van der Waals surface area contributed by atoms with E-state index in [9.17, 15) is 9.59 Å². The summed E-state index contributed by atoms with van der Waals surface area (Å²) >= 11 is 0. The molecular formula is C23H30N6O2. The van der Waals surface area contributed by atoms with Crippen molar-refractivity contribution in [1.29, 1.82) is 0 Å². The number of hydrogen-bond acceptors (Lipinski definition) is 4. The van der Waals surface area contributed by atoms with Gasteiger partial charge in [-0.15, -0.1) is 0 Å². The molecule has 3 heterocycles. The largest absolute Gasteiger partial charge is 0.326 e. The van der Waals surface area contributed by atoms with Gasteiger partial charge in [-0.05, 0) is 64.8 Å². The summed E-state index contributed by atoms with van der Waals surface area (Å²) in [7, 11) is 1.80. The van der Waals surface area contributed by atoms with Gasteiger partial charge in [0, 0.05) is 25.2 Å². The smallest absolute Gasteiger partial charge is 0.236 e. The Balaban J connectivity index is 1.51. The van der Waals surface area contributed by atoms with Crippen molar-refractivity contribution >= 4 is 34.2 Å².